The Morgan fingerprint density at radius 2 is 1.71 bits per heavy atom. The summed E-state index contributed by atoms with van der Waals surface area (Å²) in [5.41, 5.74) is 2.49. The lowest BCUT2D eigenvalue weighted by atomic mass is 9.88. The third kappa shape index (κ3) is 3.14. The van der Waals surface area contributed by atoms with Crippen LogP contribution in [0.15, 0.2) is 12.0 Å². The fourth-order valence-corrected chi connectivity index (χ4v) is 2.30. The summed E-state index contributed by atoms with van der Waals surface area (Å²) in [5, 5.41) is 0. The van der Waals surface area contributed by atoms with E-state index in [1.807, 2.05) is 59.7 Å². The summed E-state index contributed by atoms with van der Waals surface area (Å²) in [4.78, 5) is 4.40. The van der Waals surface area contributed by atoms with Gasteiger partial charge in [-0.3, -0.25) is 0 Å². The molecule has 1 aromatic rings. The molecule has 0 bridgehead atoms. The number of hydrogen-bond acceptors (Lipinski definition) is 4. The molecule has 1 saturated heterocycles. The van der Waals surface area contributed by atoms with Gasteiger partial charge < -0.3 is 14.0 Å². The van der Waals surface area contributed by atoms with E-state index in [0.717, 1.165) is 16.8 Å². The number of methoxy groups -OCH3 is 1. The quantitative estimate of drug-likeness (QED) is 0.800. The van der Waals surface area contributed by atoms with Crippen LogP contribution in [0.3, 0.4) is 0 Å². The summed E-state index contributed by atoms with van der Waals surface area (Å²) in [7, 11) is 1.29. The second kappa shape index (κ2) is 5.46. The molecule has 2 rings (SSSR count). The van der Waals surface area contributed by atoms with E-state index in [0.29, 0.717) is 5.88 Å². The van der Waals surface area contributed by atoms with E-state index in [1.54, 1.807) is 7.11 Å². The fraction of sp³-hybridized carbons (Fsp3) is 0.562. The predicted molar refractivity (Wildman–Crippen MR) is 85.4 cm³/mol. The fourth-order valence-electron chi connectivity index (χ4n) is 2.30. The van der Waals surface area contributed by atoms with Crippen LogP contribution in [-0.4, -0.2) is 30.4 Å². The number of ether oxygens (including phenoxy) is 1. The van der Waals surface area contributed by atoms with Crippen molar-refractivity contribution in [3.05, 3.63) is 28.9 Å². The number of hydrogen-bond donors (Lipinski definition) is 0. The van der Waals surface area contributed by atoms with Crippen molar-refractivity contribution in [3.8, 4) is 5.88 Å². The van der Waals surface area contributed by atoms with E-state index in [4.69, 9.17) is 14.0 Å². The molecule has 0 saturated carbocycles. The second-order valence-electron chi connectivity index (χ2n) is 6.46. The monoisotopic (exact) mass is 289 g/mol. The summed E-state index contributed by atoms with van der Waals surface area (Å²) in [6, 6.07) is 1.93. The first-order valence-electron chi connectivity index (χ1n) is 7.22. The molecule has 0 aromatic carbocycles. The zero-order valence-corrected chi connectivity index (χ0v) is 14.0. The van der Waals surface area contributed by atoms with E-state index >= 15 is 0 Å². The maximum absolute atomic E-state index is 5.96. The normalized spacial score (nSPS) is 20.2. The highest BCUT2D eigenvalue weighted by atomic mass is 16.7. The largest absolute Gasteiger partial charge is 0.487 e. The maximum atomic E-state index is 5.96. The van der Waals surface area contributed by atoms with Crippen LogP contribution in [0, 0.1) is 13.8 Å². The van der Waals surface area contributed by atoms with Crippen molar-refractivity contribution >= 4 is 13.2 Å². The molecule has 21 heavy (non-hydrogen) atoms. The van der Waals surface area contributed by atoms with Crippen LogP contribution in [0.2, 0.25) is 0 Å². The molecule has 0 radical (unpaired) electrons. The average molecular weight is 289 g/mol. The Hall–Kier alpha value is -1.33. The molecule has 1 aliphatic heterocycles. The molecule has 5 heteroatoms. The lowest BCUT2D eigenvalue weighted by Crippen LogP contribution is -2.41. The Kier molecular flexibility index (Phi) is 4.18. The van der Waals surface area contributed by atoms with Crippen molar-refractivity contribution in [2.45, 2.75) is 52.7 Å². The Balaban J connectivity index is 2.20. The summed E-state index contributed by atoms with van der Waals surface area (Å²) < 4.78 is 17.1. The Morgan fingerprint density at radius 3 is 2.19 bits per heavy atom. The molecule has 0 amide bonds. The number of aromatic nitrogens is 1. The molecule has 1 fully saturated rings. The molecular weight excluding hydrogens is 265 g/mol. The molecule has 0 N–H and O–H groups in total. The van der Waals surface area contributed by atoms with Gasteiger partial charge in [-0.05, 0) is 52.7 Å². The van der Waals surface area contributed by atoms with Gasteiger partial charge >= 0.3 is 7.12 Å². The van der Waals surface area contributed by atoms with Gasteiger partial charge in [0.25, 0.3) is 0 Å². The minimum Gasteiger partial charge on any atom is -0.481 e. The average Bonchev–Trinajstić information content (AvgIpc) is 2.56. The highest BCUT2D eigenvalue weighted by molar-refractivity contribution is 6.52. The third-order valence-electron chi connectivity index (χ3n) is 4.33. The molecule has 1 aromatic heterocycles. The molecule has 114 valence electrons. The number of rotatable bonds is 3. The topological polar surface area (TPSA) is 40.6 Å². The lowest BCUT2D eigenvalue weighted by molar-refractivity contribution is 0.00578. The summed E-state index contributed by atoms with van der Waals surface area (Å²) in [6.07, 6.45) is 2.01. The van der Waals surface area contributed by atoms with E-state index < -0.39 is 0 Å². The van der Waals surface area contributed by atoms with Crippen molar-refractivity contribution in [1.29, 1.82) is 0 Å². The summed E-state index contributed by atoms with van der Waals surface area (Å²) >= 11 is 0. The van der Waals surface area contributed by atoms with Crippen LogP contribution in [0.4, 0.5) is 0 Å². The first-order chi connectivity index (χ1) is 9.66. The first-order valence-corrected chi connectivity index (χ1v) is 7.22. The van der Waals surface area contributed by atoms with Gasteiger partial charge in [0.05, 0.1) is 18.3 Å². The molecular formula is C16H24BNO3. The van der Waals surface area contributed by atoms with E-state index in [1.165, 1.54) is 0 Å². The van der Waals surface area contributed by atoms with Gasteiger partial charge in [-0.2, -0.15) is 0 Å². The van der Waals surface area contributed by atoms with Gasteiger partial charge in [-0.15, -0.1) is 0 Å². The zero-order valence-electron chi connectivity index (χ0n) is 14.0. The Labute approximate surface area is 127 Å². The van der Waals surface area contributed by atoms with Crippen molar-refractivity contribution in [1.82, 2.24) is 4.98 Å². The van der Waals surface area contributed by atoms with Gasteiger partial charge in [0.2, 0.25) is 5.88 Å². The highest BCUT2D eigenvalue weighted by Crippen LogP contribution is 2.37. The molecule has 0 unspecified atom stereocenters. The number of nitrogens with zero attached hydrogens (tertiary/aromatic N) is 1. The smallest absolute Gasteiger partial charge is 0.481 e. The van der Waals surface area contributed by atoms with Gasteiger partial charge in [0.1, 0.15) is 0 Å². The Morgan fingerprint density at radius 1 is 1.14 bits per heavy atom. The van der Waals surface area contributed by atoms with Crippen LogP contribution >= 0.6 is 0 Å². The summed E-state index contributed by atoms with van der Waals surface area (Å²) in [6.45, 7) is 12.2. The summed E-state index contributed by atoms with van der Waals surface area (Å²) in [5.74, 6) is 2.58. The highest BCUT2D eigenvalue weighted by Gasteiger charge is 2.50. The molecule has 4 nitrogen and oxygen atoms in total. The van der Waals surface area contributed by atoms with Crippen LogP contribution in [-0.2, 0) is 9.31 Å². The van der Waals surface area contributed by atoms with E-state index in [-0.39, 0.29) is 18.3 Å². The number of pyridine rings is 1. The van der Waals surface area contributed by atoms with Crippen molar-refractivity contribution in [2.75, 3.05) is 7.11 Å². The molecule has 0 spiro atoms. The van der Waals surface area contributed by atoms with Gasteiger partial charge in [-0.25, -0.2) is 4.98 Å². The minimum atomic E-state index is -0.337. The van der Waals surface area contributed by atoms with E-state index in [2.05, 4.69) is 4.98 Å². The van der Waals surface area contributed by atoms with Crippen LogP contribution in [0.1, 0.15) is 44.5 Å². The molecule has 0 aliphatic carbocycles. The van der Waals surface area contributed by atoms with Crippen molar-refractivity contribution < 1.29 is 14.0 Å². The van der Waals surface area contributed by atoms with Crippen LogP contribution < -0.4 is 4.74 Å². The maximum Gasteiger partial charge on any atom is 0.487 e. The lowest BCUT2D eigenvalue weighted by Gasteiger charge is -2.32. The number of aryl methyl sites for hydroxylation is 2. The van der Waals surface area contributed by atoms with Crippen molar-refractivity contribution in [2.24, 2.45) is 0 Å². The van der Waals surface area contributed by atoms with Gasteiger partial charge in [-0.1, -0.05) is 12.1 Å². The SMILES string of the molecule is COc1cc(C)c(/C=C/B2OC(C)(C)C(C)(C)O2)c(C)n1. The van der Waals surface area contributed by atoms with Gasteiger partial charge in [0.15, 0.2) is 0 Å². The van der Waals surface area contributed by atoms with Crippen molar-refractivity contribution in [3.63, 3.8) is 0 Å². The van der Waals surface area contributed by atoms with Crippen LogP contribution in [0.5, 0.6) is 5.88 Å². The predicted octanol–water partition coefficient (Wildman–Crippen LogP) is 3.35. The molecule has 2 heterocycles. The minimum absolute atomic E-state index is 0.315. The second-order valence-corrected chi connectivity index (χ2v) is 6.46. The molecule has 0 atom stereocenters. The van der Waals surface area contributed by atoms with E-state index in [9.17, 15) is 0 Å². The zero-order chi connectivity index (χ0) is 15.8. The Bertz CT molecular complexity index is 528. The van der Waals surface area contributed by atoms with Gasteiger partial charge in [0, 0.05) is 11.8 Å². The van der Waals surface area contributed by atoms with Crippen LogP contribution in [0.25, 0.3) is 6.08 Å². The molecule has 1 aliphatic rings. The standard InChI is InChI=1S/C16H24BNO3/c1-11-10-14(19-7)18-12(2)13(11)8-9-17-20-15(3,4)16(5,6)21-17/h8-10H,1-7H3/b9-8+. The first kappa shape index (κ1) is 16.1. The third-order valence-corrected chi connectivity index (χ3v) is 4.33.